The van der Waals surface area contributed by atoms with Crippen LogP contribution in [0.2, 0.25) is 0 Å². The first-order valence-corrected chi connectivity index (χ1v) is 11.6. The Morgan fingerprint density at radius 3 is 1.82 bits per heavy atom. The average Bonchev–Trinajstić information content (AvgIpc) is 2.70. The molecule has 1 atom stereocenters. The zero-order chi connectivity index (χ0) is 20.3. The fourth-order valence-electron chi connectivity index (χ4n) is 3.62. The van der Waals surface area contributed by atoms with Gasteiger partial charge in [0.2, 0.25) is 0 Å². The zero-order valence-corrected chi connectivity index (χ0v) is 18.0. The SMILES string of the molecule is CCCCCCCCCCCCCCC[C@H](CC(=O)O)OCc1ccccc1. The third-order valence-corrected chi connectivity index (χ3v) is 5.36. The van der Waals surface area contributed by atoms with E-state index in [0.29, 0.717) is 6.61 Å². The van der Waals surface area contributed by atoms with Crippen LogP contribution in [0.15, 0.2) is 30.3 Å². The Bertz CT molecular complexity index is 472. The van der Waals surface area contributed by atoms with Crippen molar-refractivity contribution in [2.24, 2.45) is 0 Å². The predicted molar refractivity (Wildman–Crippen MR) is 118 cm³/mol. The Kier molecular flexibility index (Phi) is 15.6. The van der Waals surface area contributed by atoms with Crippen molar-refractivity contribution in [1.82, 2.24) is 0 Å². The fraction of sp³-hybridized carbons (Fsp3) is 0.720. The van der Waals surface area contributed by atoms with Gasteiger partial charge < -0.3 is 9.84 Å². The van der Waals surface area contributed by atoms with Crippen LogP contribution in [0.5, 0.6) is 0 Å². The number of unbranched alkanes of at least 4 members (excludes halogenated alkanes) is 12. The Hall–Kier alpha value is -1.35. The minimum absolute atomic E-state index is 0.102. The lowest BCUT2D eigenvalue weighted by Crippen LogP contribution is -2.17. The molecule has 1 aromatic carbocycles. The predicted octanol–water partition coefficient (Wildman–Crippen LogP) is 7.53. The molecule has 0 fully saturated rings. The Balaban J connectivity index is 1.99. The van der Waals surface area contributed by atoms with Crippen molar-refractivity contribution in [3.05, 3.63) is 35.9 Å². The Labute approximate surface area is 172 Å². The van der Waals surface area contributed by atoms with Crippen molar-refractivity contribution >= 4 is 5.97 Å². The van der Waals surface area contributed by atoms with Gasteiger partial charge in [0, 0.05) is 0 Å². The first kappa shape index (κ1) is 24.7. The van der Waals surface area contributed by atoms with E-state index in [-0.39, 0.29) is 12.5 Å². The number of benzene rings is 1. The molecule has 160 valence electrons. The molecule has 0 aliphatic heterocycles. The van der Waals surface area contributed by atoms with Gasteiger partial charge in [0.15, 0.2) is 0 Å². The number of aliphatic carboxylic acids is 1. The molecule has 0 saturated heterocycles. The molecule has 3 nitrogen and oxygen atoms in total. The molecule has 28 heavy (non-hydrogen) atoms. The van der Waals surface area contributed by atoms with E-state index in [2.05, 4.69) is 6.92 Å². The molecule has 1 rings (SSSR count). The summed E-state index contributed by atoms with van der Waals surface area (Å²) in [6, 6.07) is 9.98. The van der Waals surface area contributed by atoms with Gasteiger partial charge in [-0.3, -0.25) is 4.79 Å². The van der Waals surface area contributed by atoms with Gasteiger partial charge in [-0.1, -0.05) is 121 Å². The van der Waals surface area contributed by atoms with Gasteiger partial charge in [-0.2, -0.15) is 0 Å². The number of hydrogen-bond donors (Lipinski definition) is 1. The molecule has 1 N–H and O–H groups in total. The summed E-state index contributed by atoms with van der Waals surface area (Å²) in [5, 5.41) is 9.10. The van der Waals surface area contributed by atoms with Crippen LogP contribution in [0.1, 0.15) is 109 Å². The van der Waals surface area contributed by atoms with Crippen LogP contribution in [0.3, 0.4) is 0 Å². The normalized spacial score (nSPS) is 12.2. The van der Waals surface area contributed by atoms with Crippen molar-refractivity contribution in [3.8, 4) is 0 Å². The molecule has 0 aliphatic rings. The standard InChI is InChI=1S/C25H42O3/c1-2-3-4-5-6-7-8-9-10-11-12-13-17-20-24(21-25(26)27)28-22-23-18-15-14-16-19-23/h14-16,18-19,24H,2-13,17,20-22H2,1H3,(H,26,27)/t24-/m1/s1. The van der Waals surface area contributed by atoms with Crippen molar-refractivity contribution in [1.29, 1.82) is 0 Å². The topological polar surface area (TPSA) is 46.5 Å². The average molecular weight is 391 g/mol. The number of carbonyl (C=O) groups is 1. The third-order valence-electron chi connectivity index (χ3n) is 5.36. The van der Waals surface area contributed by atoms with Crippen LogP contribution in [0.4, 0.5) is 0 Å². The quantitative estimate of drug-likeness (QED) is 0.248. The number of rotatable bonds is 19. The lowest BCUT2D eigenvalue weighted by atomic mass is 10.0. The second kappa shape index (κ2) is 17.7. The molecule has 3 heteroatoms. The molecule has 0 unspecified atom stereocenters. The van der Waals surface area contributed by atoms with Crippen LogP contribution in [-0.4, -0.2) is 17.2 Å². The molecule has 0 saturated carbocycles. The van der Waals surface area contributed by atoms with Gasteiger partial charge in [0.05, 0.1) is 19.1 Å². The van der Waals surface area contributed by atoms with E-state index in [4.69, 9.17) is 9.84 Å². The van der Waals surface area contributed by atoms with Crippen LogP contribution in [0, 0.1) is 0 Å². The van der Waals surface area contributed by atoms with Crippen LogP contribution in [0.25, 0.3) is 0 Å². The molecule has 0 aromatic heterocycles. The summed E-state index contributed by atoms with van der Waals surface area (Å²) in [5.74, 6) is -0.771. The highest BCUT2D eigenvalue weighted by atomic mass is 16.5. The van der Waals surface area contributed by atoms with Gasteiger partial charge in [0.25, 0.3) is 0 Å². The summed E-state index contributed by atoms with van der Waals surface area (Å²) >= 11 is 0. The van der Waals surface area contributed by atoms with E-state index in [0.717, 1.165) is 18.4 Å². The summed E-state index contributed by atoms with van der Waals surface area (Å²) in [5.41, 5.74) is 1.10. The highest BCUT2D eigenvalue weighted by Gasteiger charge is 2.13. The van der Waals surface area contributed by atoms with Crippen molar-refractivity contribution in [2.75, 3.05) is 0 Å². The lowest BCUT2D eigenvalue weighted by molar-refractivity contribution is -0.140. The van der Waals surface area contributed by atoms with Crippen LogP contribution < -0.4 is 0 Å². The minimum atomic E-state index is -0.771. The van der Waals surface area contributed by atoms with Crippen LogP contribution in [-0.2, 0) is 16.1 Å². The first-order valence-electron chi connectivity index (χ1n) is 11.6. The maximum atomic E-state index is 11.1. The number of hydrogen-bond acceptors (Lipinski definition) is 2. The summed E-state index contributed by atoms with van der Waals surface area (Å²) in [6.45, 7) is 2.77. The summed E-state index contributed by atoms with van der Waals surface area (Å²) < 4.78 is 5.87. The molecule has 0 spiro atoms. The third kappa shape index (κ3) is 14.7. The second-order valence-electron chi connectivity index (χ2n) is 8.05. The maximum absolute atomic E-state index is 11.1. The van der Waals surface area contributed by atoms with Gasteiger partial charge in [-0.15, -0.1) is 0 Å². The zero-order valence-electron chi connectivity index (χ0n) is 18.0. The summed E-state index contributed by atoms with van der Waals surface area (Å²) in [6.07, 6.45) is 18.0. The first-order chi connectivity index (χ1) is 13.7. The van der Waals surface area contributed by atoms with Crippen molar-refractivity contribution in [2.45, 2.75) is 116 Å². The molecular weight excluding hydrogens is 348 g/mol. The van der Waals surface area contributed by atoms with E-state index in [1.807, 2.05) is 30.3 Å². The van der Waals surface area contributed by atoms with E-state index >= 15 is 0 Å². The largest absolute Gasteiger partial charge is 0.481 e. The number of carboxylic acids is 1. The smallest absolute Gasteiger partial charge is 0.305 e. The second-order valence-corrected chi connectivity index (χ2v) is 8.05. The molecule has 0 amide bonds. The molecule has 1 aromatic rings. The Morgan fingerprint density at radius 2 is 1.32 bits per heavy atom. The van der Waals surface area contributed by atoms with Crippen molar-refractivity contribution in [3.63, 3.8) is 0 Å². The molecule has 0 heterocycles. The van der Waals surface area contributed by atoms with Crippen molar-refractivity contribution < 1.29 is 14.6 Å². The lowest BCUT2D eigenvalue weighted by Gasteiger charge is -2.16. The van der Waals surface area contributed by atoms with E-state index in [1.54, 1.807) is 0 Å². The van der Waals surface area contributed by atoms with Gasteiger partial charge >= 0.3 is 5.97 Å². The molecule has 0 bridgehead atoms. The van der Waals surface area contributed by atoms with Crippen LogP contribution >= 0.6 is 0 Å². The number of carboxylic acid groups (broad SMARTS) is 1. The van der Waals surface area contributed by atoms with E-state index < -0.39 is 5.97 Å². The molecule has 0 aliphatic carbocycles. The minimum Gasteiger partial charge on any atom is -0.481 e. The Morgan fingerprint density at radius 1 is 0.821 bits per heavy atom. The molecule has 0 radical (unpaired) electrons. The monoisotopic (exact) mass is 390 g/mol. The summed E-state index contributed by atoms with van der Waals surface area (Å²) in [4.78, 5) is 11.1. The van der Waals surface area contributed by atoms with Gasteiger partial charge in [0.1, 0.15) is 0 Å². The highest BCUT2D eigenvalue weighted by Crippen LogP contribution is 2.16. The number of ether oxygens (including phenoxy) is 1. The van der Waals surface area contributed by atoms with Gasteiger partial charge in [-0.25, -0.2) is 0 Å². The van der Waals surface area contributed by atoms with Gasteiger partial charge in [-0.05, 0) is 12.0 Å². The highest BCUT2D eigenvalue weighted by molar-refractivity contribution is 5.67. The van der Waals surface area contributed by atoms with E-state index in [9.17, 15) is 4.79 Å². The maximum Gasteiger partial charge on any atom is 0.305 e. The molecular formula is C25H42O3. The fourth-order valence-corrected chi connectivity index (χ4v) is 3.62. The summed E-state index contributed by atoms with van der Waals surface area (Å²) in [7, 11) is 0. The van der Waals surface area contributed by atoms with E-state index in [1.165, 1.54) is 77.0 Å².